The van der Waals surface area contributed by atoms with Crippen LogP contribution in [0, 0.1) is 0 Å². The Bertz CT molecular complexity index is 482. The van der Waals surface area contributed by atoms with Gasteiger partial charge in [-0.1, -0.05) is 12.1 Å². The maximum absolute atomic E-state index is 5.60. The zero-order valence-corrected chi connectivity index (χ0v) is 9.76. The van der Waals surface area contributed by atoms with E-state index < -0.39 is 0 Å². The van der Waals surface area contributed by atoms with Crippen LogP contribution in [0.3, 0.4) is 0 Å². The molecule has 1 aromatic heterocycles. The maximum atomic E-state index is 5.60. The number of nitrogens with two attached hydrogens (primary N) is 1. The van der Waals surface area contributed by atoms with Gasteiger partial charge in [0.1, 0.15) is 17.9 Å². The quantitative estimate of drug-likeness (QED) is 0.869. The Morgan fingerprint density at radius 3 is 2.53 bits per heavy atom. The lowest BCUT2D eigenvalue weighted by Crippen LogP contribution is -1.98. The molecular formula is C13H15N3O. The number of aromatic nitrogens is 2. The number of nitrogens with zero attached hydrogens (tertiary/aromatic N) is 2. The second kappa shape index (κ2) is 5.30. The van der Waals surface area contributed by atoms with E-state index in [1.807, 2.05) is 18.2 Å². The van der Waals surface area contributed by atoms with E-state index in [0.29, 0.717) is 5.82 Å². The van der Waals surface area contributed by atoms with Gasteiger partial charge in [0, 0.05) is 11.8 Å². The molecule has 0 bridgehead atoms. The summed E-state index contributed by atoms with van der Waals surface area (Å²) in [6.07, 6.45) is 3.29. The summed E-state index contributed by atoms with van der Waals surface area (Å²) >= 11 is 0. The van der Waals surface area contributed by atoms with Gasteiger partial charge in [0.05, 0.1) is 7.11 Å². The number of aryl methyl sites for hydroxylation is 2. The topological polar surface area (TPSA) is 61.0 Å². The molecule has 4 nitrogen and oxygen atoms in total. The van der Waals surface area contributed by atoms with Gasteiger partial charge in [0.15, 0.2) is 0 Å². The van der Waals surface area contributed by atoms with Gasteiger partial charge in [0.2, 0.25) is 0 Å². The van der Waals surface area contributed by atoms with Gasteiger partial charge in [-0.3, -0.25) is 0 Å². The smallest absolute Gasteiger partial charge is 0.126 e. The first-order chi connectivity index (χ1) is 8.28. The third-order valence-electron chi connectivity index (χ3n) is 2.57. The number of benzene rings is 1. The van der Waals surface area contributed by atoms with Crippen LogP contribution in [-0.2, 0) is 12.8 Å². The molecule has 0 spiro atoms. The van der Waals surface area contributed by atoms with Crippen molar-refractivity contribution in [2.45, 2.75) is 12.8 Å². The Morgan fingerprint density at radius 2 is 1.88 bits per heavy atom. The van der Waals surface area contributed by atoms with Crippen molar-refractivity contribution in [3.63, 3.8) is 0 Å². The molecule has 2 N–H and O–H groups in total. The van der Waals surface area contributed by atoms with Crippen molar-refractivity contribution in [3.05, 3.63) is 47.9 Å². The fourth-order valence-electron chi connectivity index (χ4n) is 1.62. The van der Waals surface area contributed by atoms with Crippen molar-refractivity contribution in [2.75, 3.05) is 12.8 Å². The molecule has 2 rings (SSSR count). The molecule has 0 unspecified atom stereocenters. The largest absolute Gasteiger partial charge is 0.497 e. The Balaban J connectivity index is 1.97. The summed E-state index contributed by atoms with van der Waals surface area (Å²) in [5.41, 5.74) is 7.82. The zero-order chi connectivity index (χ0) is 12.1. The highest BCUT2D eigenvalue weighted by Gasteiger charge is 1.99. The Morgan fingerprint density at radius 1 is 1.12 bits per heavy atom. The van der Waals surface area contributed by atoms with Crippen LogP contribution in [0.1, 0.15) is 11.3 Å². The van der Waals surface area contributed by atoms with Crippen LogP contribution in [0.5, 0.6) is 5.75 Å². The number of ether oxygens (including phenoxy) is 1. The first-order valence-electron chi connectivity index (χ1n) is 5.47. The summed E-state index contributed by atoms with van der Waals surface area (Å²) in [5, 5.41) is 0. The molecule has 0 radical (unpaired) electrons. The van der Waals surface area contributed by atoms with E-state index in [1.165, 1.54) is 11.9 Å². The minimum absolute atomic E-state index is 0.518. The standard InChI is InChI=1S/C13H15N3O/c1-17-12-6-3-10(4-7-12)2-5-11-8-13(14)16-9-15-11/h3-4,6-9H,2,5H2,1H3,(H2,14,15,16). The summed E-state index contributed by atoms with van der Waals surface area (Å²) in [5.74, 6) is 1.39. The molecule has 1 heterocycles. The van der Waals surface area contributed by atoms with E-state index in [4.69, 9.17) is 10.5 Å². The van der Waals surface area contributed by atoms with Crippen molar-refractivity contribution >= 4 is 5.82 Å². The van der Waals surface area contributed by atoms with Crippen LogP contribution in [0.15, 0.2) is 36.7 Å². The Hall–Kier alpha value is -2.10. The SMILES string of the molecule is COc1ccc(CCc2cc(N)ncn2)cc1. The van der Waals surface area contributed by atoms with Gasteiger partial charge in [0.25, 0.3) is 0 Å². The molecule has 0 atom stereocenters. The molecule has 1 aromatic carbocycles. The van der Waals surface area contributed by atoms with Crippen LogP contribution < -0.4 is 10.5 Å². The molecule has 17 heavy (non-hydrogen) atoms. The van der Waals surface area contributed by atoms with Crippen molar-refractivity contribution < 1.29 is 4.74 Å². The molecule has 0 saturated heterocycles. The molecule has 0 aliphatic heterocycles. The summed E-state index contributed by atoms with van der Waals surface area (Å²) in [4.78, 5) is 8.04. The first-order valence-corrected chi connectivity index (χ1v) is 5.47. The van der Waals surface area contributed by atoms with Gasteiger partial charge in [-0.15, -0.1) is 0 Å². The lowest BCUT2D eigenvalue weighted by molar-refractivity contribution is 0.414. The average Bonchev–Trinajstić information content (AvgIpc) is 2.37. The first kappa shape index (κ1) is 11.4. The van der Waals surface area contributed by atoms with Crippen LogP contribution >= 0.6 is 0 Å². The maximum Gasteiger partial charge on any atom is 0.126 e. The summed E-state index contributed by atoms with van der Waals surface area (Å²) in [6.45, 7) is 0. The van der Waals surface area contributed by atoms with Crippen molar-refractivity contribution in [3.8, 4) is 5.75 Å². The summed E-state index contributed by atoms with van der Waals surface area (Å²) in [7, 11) is 1.67. The molecule has 0 aliphatic carbocycles. The highest BCUT2D eigenvalue weighted by molar-refractivity contribution is 5.30. The molecule has 88 valence electrons. The van der Waals surface area contributed by atoms with Crippen molar-refractivity contribution in [1.29, 1.82) is 0 Å². The number of nitrogen functional groups attached to an aromatic ring is 1. The molecular weight excluding hydrogens is 214 g/mol. The fraction of sp³-hybridized carbons (Fsp3) is 0.231. The third kappa shape index (κ3) is 3.17. The number of hydrogen-bond acceptors (Lipinski definition) is 4. The van der Waals surface area contributed by atoms with E-state index in [2.05, 4.69) is 22.1 Å². The summed E-state index contributed by atoms with van der Waals surface area (Å²) in [6, 6.07) is 9.85. The van der Waals surface area contributed by atoms with Gasteiger partial charge in [-0.05, 0) is 30.5 Å². The number of hydrogen-bond donors (Lipinski definition) is 1. The molecule has 0 saturated carbocycles. The third-order valence-corrected chi connectivity index (χ3v) is 2.57. The van der Waals surface area contributed by atoms with Crippen LogP contribution in [0.2, 0.25) is 0 Å². The second-order valence-electron chi connectivity index (χ2n) is 3.78. The molecule has 2 aromatic rings. The molecule has 0 amide bonds. The minimum atomic E-state index is 0.518. The number of methoxy groups -OCH3 is 1. The minimum Gasteiger partial charge on any atom is -0.497 e. The predicted octanol–water partition coefficient (Wildman–Crippen LogP) is 1.85. The lowest BCUT2D eigenvalue weighted by atomic mass is 10.1. The summed E-state index contributed by atoms with van der Waals surface area (Å²) < 4.78 is 5.11. The van der Waals surface area contributed by atoms with E-state index in [1.54, 1.807) is 7.11 Å². The van der Waals surface area contributed by atoms with Gasteiger partial charge in [-0.2, -0.15) is 0 Å². The zero-order valence-electron chi connectivity index (χ0n) is 9.76. The Kier molecular flexibility index (Phi) is 3.55. The highest BCUT2D eigenvalue weighted by Crippen LogP contribution is 2.13. The Labute approximate surface area is 100 Å². The highest BCUT2D eigenvalue weighted by atomic mass is 16.5. The predicted molar refractivity (Wildman–Crippen MR) is 66.8 cm³/mol. The number of rotatable bonds is 4. The normalized spacial score (nSPS) is 10.2. The van der Waals surface area contributed by atoms with Crippen LogP contribution in [0.4, 0.5) is 5.82 Å². The average molecular weight is 229 g/mol. The number of anilines is 1. The molecule has 0 fully saturated rings. The fourth-order valence-corrected chi connectivity index (χ4v) is 1.62. The van der Waals surface area contributed by atoms with E-state index in [9.17, 15) is 0 Å². The van der Waals surface area contributed by atoms with E-state index in [-0.39, 0.29) is 0 Å². The molecule has 4 heteroatoms. The van der Waals surface area contributed by atoms with Crippen LogP contribution in [-0.4, -0.2) is 17.1 Å². The van der Waals surface area contributed by atoms with Crippen molar-refractivity contribution in [2.24, 2.45) is 0 Å². The lowest BCUT2D eigenvalue weighted by Gasteiger charge is -2.03. The van der Waals surface area contributed by atoms with Crippen molar-refractivity contribution in [1.82, 2.24) is 9.97 Å². The van der Waals surface area contributed by atoms with E-state index >= 15 is 0 Å². The molecule has 0 aliphatic rings. The second-order valence-corrected chi connectivity index (χ2v) is 3.78. The van der Waals surface area contributed by atoms with Gasteiger partial charge in [-0.25, -0.2) is 9.97 Å². The van der Waals surface area contributed by atoms with Gasteiger partial charge < -0.3 is 10.5 Å². The van der Waals surface area contributed by atoms with Crippen LogP contribution in [0.25, 0.3) is 0 Å². The monoisotopic (exact) mass is 229 g/mol. The van der Waals surface area contributed by atoms with Gasteiger partial charge >= 0.3 is 0 Å². The van der Waals surface area contributed by atoms with E-state index in [0.717, 1.165) is 24.3 Å².